The number of pyridine rings is 1. The fourth-order valence-electron chi connectivity index (χ4n) is 5.23. The van der Waals surface area contributed by atoms with Crippen molar-refractivity contribution in [3.63, 3.8) is 0 Å². The summed E-state index contributed by atoms with van der Waals surface area (Å²) < 4.78 is 4.57. The number of rotatable bonds is 2. The van der Waals surface area contributed by atoms with E-state index in [2.05, 4.69) is 117 Å². The Morgan fingerprint density at radius 3 is 2.29 bits per heavy atom. The Kier molecular flexibility index (Phi) is 4.24. The second-order valence-corrected chi connectivity index (χ2v) is 8.71. The summed E-state index contributed by atoms with van der Waals surface area (Å²) in [6.45, 7) is 0.733. The van der Waals surface area contributed by atoms with Gasteiger partial charge in [0.15, 0.2) is 0 Å². The Hall–Kier alpha value is -4.44. The molecule has 34 heavy (non-hydrogen) atoms. The van der Waals surface area contributed by atoms with Gasteiger partial charge in [0.05, 0.1) is 23.1 Å². The molecule has 1 aliphatic heterocycles. The molecule has 1 atom stereocenters. The molecule has 7 rings (SSSR count). The van der Waals surface area contributed by atoms with Crippen molar-refractivity contribution >= 4 is 38.5 Å². The van der Waals surface area contributed by atoms with Crippen LogP contribution in [0.25, 0.3) is 38.4 Å². The van der Waals surface area contributed by atoms with Crippen LogP contribution in [0.5, 0.6) is 0 Å². The summed E-state index contributed by atoms with van der Waals surface area (Å²) in [6, 6.07) is 30.0. The van der Waals surface area contributed by atoms with E-state index in [9.17, 15) is 0 Å². The third-order valence-electron chi connectivity index (χ3n) is 6.83. The van der Waals surface area contributed by atoms with Crippen LogP contribution in [0.1, 0.15) is 11.5 Å². The molecule has 0 N–H and O–H groups in total. The Morgan fingerprint density at radius 2 is 1.47 bits per heavy atom. The molecular weight excluding hydrogens is 416 g/mol. The van der Waals surface area contributed by atoms with E-state index in [-0.39, 0.29) is 5.92 Å². The number of hydrogen-bond acceptors (Lipinski definition) is 2. The first kappa shape index (κ1) is 19.1. The van der Waals surface area contributed by atoms with Crippen LogP contribution in [0.2, 0.25) is 0 Å². The molecule has 0 amide bonds. The predicted molar refractivity (Wildman–Crippen MR) is 140 cm³/mol. The molecule has 3 aromatic heterocycles. The van der Waals surface area contributed by atoms with Gasteiger partial charge in [-0.05, 0) is 60.2 Å². The normalized spacial score (nSPS) is 15.9. The van der Waals surface area contributed by atoms with Gasteiger partial charge in [0, 0.05) is 46.4 Å². The molecule has 1 unspecified atom stereocenters. The summed E-state index contributed by atoms with van der Waals surface area (Å²) in [6.07, 6.45) is 10.3. The van der Waals surface area contributed by atoms with E-state index in [1.54, 1.807) is 0 Å². The van der Waals surface area contributed by atoms with Crippen molar-refractivity contribution in [1.82, 2.24) is 14.1 Å². The maximum absolute atomic E-state index is 5.03. The molecular formula is C30H22N4. The van der Waals surface area contributed by atoms with Gasteiger partial charge in [-0.15, -0.1) is 0 Å². The molecule has 1 aliphatic rings. The maximum atomic E-state index is 5.03. The zero-order valence-corrected chi connectivity index (χ0v) is 18.5. The van der Waals surface area contributed by atoms with E-state index in [1.807, 2.05) is 12.4 Å². The first-order chi connectivity index (χ1) is 16.9. The first-order valence-electron chi connectivity index (χ1n) is 11.6. The topological polar surface area (TPSA) is 35.1 Å². The lowest BCUT2D eigenvalue weighted by Gasteiger charge is -2.17. The van der Waals surface area contributed by atoms with Gasteiger partial charge in [-0.3, -0.25) is 14.5 Å². The van der Waals surface area contributed by atoms with Gasteiger partial charge in [-0.25, -0.2) is 0 Å². The number of benzene rings is 3. The van der Waals surface area contributed by atoms with Gasteiger partial charge < -0.3 is 4.57 Å². The average Bonchev–Trinajstić information content (AvgIpc) is 3.49. The fourth-order valence-corrected chi connectivity index (χ4v) is 5.23. The van der Waals surface area contributed by atoms with Crippen LogP contribution in [0, 0.1) is 0 Å². The number of fused-ring (bicyclic) bond motifs is 5. The van der Waals surface area contributed by atoms with Crippen molar-refractivity contribution in [3.05, 3.63) is 121 Å². The third kappa shape index (κ3) is 2.85. The summed E-state index contributed by atoms with van der Waals surface area (Å²) in [5.41, 5.74) is 6.00. The molecule has 0 saturated carbocycles. The number of aromatic nitrogens is 3. The lowest BCUT2D eigenvalue weighted by Crippen LogP contribution is -2.15. The molecule has 0 fully saturated rings. The molecule has 0 aliphatic carbocycles. The van der Waals surface area contributed by atoms with Crippen molar-refractivity contribution in [2.75, 3.05) is 6.54 Å². The van der Waals surface area contributed by atoms with Gasteiger partial charge in [0.25, 0.3) is 0 Å². The van der Waals surface area contributed by atoms with E-state index in [1.165, 1.54) is 44.0 Å². The number of dihydropyridines is 1. The Morgan fingerprint density at radius 1 is 0.706 bits per heavy atom. The number of para-hydroxylation sites is 2. The molecule has 0 radical (unpaired) electrons. The average molecular weight is 439 g/mol. The largest absolute Gasteiger partial charge is 0.317 e. The summed E-state index contributed by atoms with van der Waals surface area (Å²) in [5, 5.41) is 3.78. The summed E-state index contributed by atoms with van der Waals surface area (Å²) in [5.74, 6) is 1.27. The molecule has 0 bridgehead atoms. The lowest BCUT2D eigenvalue weighted by molar-refractivity contribution is 0.832. The maximum Gasteiger partial charge on any atom is 0.132 e. The SMILES string of the molecule is C1=CC(c2ccncc2)CN=C1n1c2ccccc2c2c3ccn(-c4ccccc4)c3ccc21. The van der Waals surface area contributed by atoms with Crippen molar-refractivity contribution < 1.29 is 0 Å². The van der Waals surface area contributed by atoms with Crippen molar-refractivity contribution in [3.8, 4) is 5.69 Å². The molecule has 4 nitrogen and oxygen atoms in total. The Balaban J connectivity index is 1.41. The van der Waals surface area contributed by atoms with E-state index in [0.717, 1.165) is 12.4 Å². The van der Waals surface area contributed by atoms with E-state index in [0.29, 0.717) is 0 Å². The van der Waals surface area contributed by atoms with Crippen molar-refractivity contribution in [1.29, 1.82) is 0 Å². The molecule has 162 valence electrons. The van der Waals surface area contributed by atoms with E-state index in [4.69, 9.17) is 4.99 Å². The molecule has 0 spiro atoms. The second kappa shape index (κ2) is 7.56. The minimum atomic E-state index is 0.284. The molecule has 0 saturated heterocycles. The van der Waals surface area contributed by atoms with Crippen LogP contribution in [0.4, 0.5) is 0 Å². The number of hydrogen-bond donors (Lipinski definition) is 0. The van der Waals surface area contributed by atoms with Crippen LogP contribution >= 0.6 is 0 Å². The smallest absolute Gasteiger partial charge is 0.132 e. The summed E-state index contributed by atoms with van der Waals surface area (Å²) in [4.78, 5) is 9.17. The molecule has 4 heterocycles. The highest BCUT2D eigenvalue weighted by Gasteiger charge is 2.19. The van der Waals surface area contributed by atoms with Crippen LogP contribution in [-0.2, 0) is 0 Å². The lowest BCUT2D eigenvalue weighted by atomic mass is 9.98. The number of allylic oxidation sites excluding steroid dienone is 1. The quantitative estimate of drug-likeness (QED) is 0.295. The zero-order chi connectivity index (χ0) is 22.5. The van der Waals surface area contributed by atoms with Gasteiger partial charge in [-0.2, -0.15) is 0 Å². The fraction of sp³-hybridized carbons (Fsp3) is 0.0667. The summed E-state index contributed by atoms with van der Waals surface area (Å²) >= 11 is 0. The van der Waals surface area contributed by atoms with Gasteiger partial charge in [0.2, 0.25) is 0 Å². The first-order valence-corrected chi connectivity index (χ1v) is 11.6. The Labute approximate surface area is 197 Å². The van der Waals surface area contributed by atoms with Crippen LogP contribution in [0.3, 0.4) is 0 Å². The van der Waals surface area contributed by atoms with Crippen LogP contribution in [0.15, 0.2) is 121 Å². The van der Waals surface area contributed by atoms with E-state index < -0.39 is 0 Å². The minimum Gasteiger partial charge on any atom is -0.317 e. The second-order valence-electron chi connectivity index (χ2n) is 8.71. The minimum absolute atomic E-state index is 0.284. The predicted octanol–water partition coefficient (Wildman–Crippen LogP) is 6.73. The summed E-state index contributed by atoms with van der Waals surface area (Å²) in [7, 11) is 0. The molecule has 3 aromatic carbocycles. The third-order valence-corrected chi connectivity index (χ3v) is 6.83. The molecule has 6 aromatic rings. The van der Waals surface area contributed by atoms with Gasteiger partial charge >= 0.3 is 0 Å². The monoisotopic (exact) mass is 438 g/mol. The van der Waals surface area contributed by atoms with Crippen molar-refractivity contribution in [2.24, 2.45) is 4.99 Å². The zero-order valence-electron chi connectivity index (χ0n) is 18.5. The highest BCUT2D eigenvalue weighted by molar-refractivity contribution is 6.24. The Bertz CT molecular complexity index is 1720. The van der Waals surface area contributed by atoms with Crippen molar-refractivity contribution in [2.45, 2.75) is 5.92 Å². The van der Waals surface area contributed by atoms with Crippen LogP contribution in [-0.4, -0.2) is 26.5 Å². The molecule has 4 heteroatoms. The van der Waals surface area contributed by atoms with Gasteiger partial charge in [-0.1, -0.05) is 42.5 Å². The standard InChI is InChI=1S/C30H22N4/c1-2-6-23(7-3-1)33-19-16-25-26(33)11-12-28-30(25)24-8-4-5-9-27(24)34(28)29-13-10-22(20-32-29)21-14-17-31-18-15-21/h1-19,22H,20H2. The van der Waals surface area contributed by atoms with Crippen LogP contribution < -0.4 is 0 Å². The highest BCUT2D eigenvalue weighted by atomic mass is 15.1. The van der Waals surface area contributed by atoms with E-state index >= 15 is 0 Å². The number of aliphatic imine (C=N–C) groups is 1. The highest BCUT2D eigenvalue weighted by Crippen LogP contribution is 2.36. The number of nitrogens with zero attached hydrogens (tertiary/aromatic N) is 4. The van der Waals surface area contributed by atoms with Gasteiger partial charge in [0.1, 0.15) is 5.84 Å².